The highest BCUT2D eigenvalue weighted by Crippen LogP contribution is 2.40. The molecule has 23 heavy (non-hydrogen) atoms. The van der Waals surface area contributed by atoms with Crippen LogP contribution in [-0.4, -0.2) is 34.2 Å². The second-order valence-corrected chi connectivity index (χ2v) is 7.33. The van der Waals surface area contributed by atoms with Crippen LogP contribution in [0.2, 0.25) is 0 Å². The normalized spacial score (nSPS) is 19.6. The molecule has 1 unspecified atom stereocenters. The van der Waals surface area contributed by atoms with Gasteiger partial charge >= 0.3 is 5.97 Å². The zero-order valence-electron chi connectivity index (χ0n) is 13.1. The number of hydrogen-bond acceptors (Lipinski definition) is 3. The number of carboxylic acids is 1. The molecule has 1 saturated carbocycles. The summed E-state index contributed by atoms with van der Waals surface area (Å²) in [6.45, 7) is 0.874. The first-order valence-corrected chi connectivity index (χ1v) is 8.57. The Labute approximate surface area is 144 Å². The van der Waals surface area contributed by atoms with Gasteiger partial charge in [0.05, 0.1) is 12.0 Å². The van der Waals surface area contributed by atoms with Crippen LogP contribution in [0.5, 0.6) is 0 Å². The lowest BCUT2D eigenvalue weighted by Gasteiger charge is -2.37. The third-order valence-corrected chi connectivity index (χ3v) is 5.07. The first-order valence-electron chi connectivity index (χ1n) is 7.78. The maximum absolute atomic E-state index is 12.9. The Morgan fingerprint density at radius 2 is 1.96 bits per heavy atom. The fraction of sp³-hybridized carbons (Fsp3) is 0.529. The molecule has 1 aromatic carbocycles. The molecule has 5 nitrogen and oxygen atoms in total. The van der Waals surface area contributed by atoms with E-state index in [1.54, 1.807) is 0 Å². The molecule has 1 aliphatic rings. The molecule has 1 amide bonds. The van der Waals surface area contributed by atoms with E-state index < -0.39 is 17.0 Å². The number of benzene rings is 1. The minimum Gasteiger partial charge on any atom is -0.479 e. The highest BCUT2D eigenvalue weighted by Gasteiger charge is 2.42. The van der Waals surface area contributed by atoms with Crippen LogP contribution in [0, 0.1) is 0 Å². The van der Waals surface area contributed by atoms with Gasteiger partial charge in [-0.3, -0.25) is 4.79 Å². The highest BCUT2D eigenvalue weighted by molar-refractivity contribution is 9.10. The molecule has 0 radical (unpaired) electrons. The van der Waals surface area contributed by atoms with Gasteiger partial charge in [-0.25, -0.2) is 4.79 Å². The SMILES string of the molecule is CC(O)(CNC(=O)C1(c2cccc(Br)c2)CCCCC1)C(=O)O. The molecule has 1 aromatic rings. The number of carbonyl (C=O) groups is 2. The van der Waals surface area contributed by atoms with Crippen LogP contribution in [0.1, 0.15) is 44.6 Å². The molecule has 2 rings (SSSR count). The topological polar surface area (TPSA) is 86.6 Å². The number of rotatable bonds is 5. The second-order valence-electron chi connectivity index (χ2n) is 6.41. The molecule has 3 N–H and O–H groups in total. The molecular weight excluding hydrogens is 362 g/mol. The van der Waals surface area contributed by atoms with Crippen molar-refractivity contribution in [3.63, 3.8) is 0 Å². The van der Waals surface area contributed by atoms with Crippen molar-refractivity contribution in [2.75, 3.05) is 6.54 Å². The van der Waals surface area contributed by atoms with E-state index in [-0.39, 0.29) is 12.5 Å². The van der Waals surface area contributed by atoms with Crippen molar-refractivity contribution in [3.05, 3.63) is 34.3 Å². The number of carboxylic acid groups (broad SMARTS) is 1. The Morgan fingerprint density at radius 1 is 1.30 bits per heavy atom. The summed E-state index contributed by atoms with van der Waals surface area (Å²) in [5, 5.41) is 21.4. The van der Waals surface area contributed by atoms with Crippen LogP contribution in [0.4, 0.5) is 0 Å². The van der Waals surface area contributed by atoms with Crippen molar-refractivity contribution < 1.29 is 19.8 Å². The first kappa shape index (κ1) is 17.9. The van der Waals surface area contributed by atoms with E-state index in [9.17, 15) is 14.7 Å². The van der Waals surface area contributed by atoms with Gasteiger partial charge in [0.2, 0.25) is 5.91 Å². The predicted octanol–water partition coefficient (Wildman–Crippen LogP) is 2.60. The van der Waals surface area contributed by atoms with Gasteiger partial charge in [-0.1, -0.05) is 47.3 Å². The Balaban J connectivity index is 2.25. The maximum Gasteiger partial charge on any atom is 0.337 e. The molecule has 0 saturated heterocycles. The van der Waals surface area contributed by atoms with Crippen molar-refractivity contribution in [3.8, 4) is 0 Å². The van der Waals surface area contributed by atoms with Gasteiger partial charge < -0.3 is 15.5 Å². The molecule has 0 aromatic heterocycles. The summed E-state index contributed by atoms with van der Waals surface area (Å²) < 4.78 is 0.908. The Bertz CT molecular complexity index is 594. The molecule has 6 heteroatoms. The molecule has 0 heterocycles. The van der Waals surface area contributed by atoms with Crippen LogP contribution >= 0.6 is 15.9 Å². The van der Waals surface area contributed by atoms with Gasteiger partial charge in [-0.05, 0) is 37.5 Å². The Hall–Kier alpha value is -1.40. The van der Waals surface area contributed by atoms with Crippen LogP contribution in [0.15, 0.2) is 28.7 Å². The van der Waals surface area contributed by atoms with E-state index in [4.69, 9.17) is 5.11 Å². The largest absolute Gasteiger partial charge is 0.479 e. The number of nitrogens with one attached hydrogen (secondary N) is 1. The van der Waals surface area contributed by atoms with E-state index in [0.29, 0.717) is 0 Å². The quantitative estimate of drug-likeness (QED) is 0.729. The monoisotopic (exact) mass is 383 g/mol. The van der Waals surface area contributed by atoms with Gasteiger partial charge in [0.1, 0.15) is 0 Å². The van der Waals surface area contributed by atoms with Crippen molar-refractivity contribution >= 4 is 27.8 Å². The average molecular weight is 384 g/mol. The Kier molecular flexibility index (Phi) is 5.47. The molecule has 0 spiro atoms. The first-order chi connectivity index (χ1) is 10.8. The van der Waals surface area contributed by atoms with Gasteiger partial charge in [-0.15, -0.1) is 0 Å². The lowest BCUT2D eigenvalue weighted by atomic mass is 9.68. The zero-order valence-corrected chi connectivity index (χ0v) is 14.7. The van der Waals surface area contributed by atoms with E-state index >= 15 is 0 Å². The summed E-state index contributed by atoms with van der Waals surface area (Å²) in [5.41, 5.74) is -1.70. The molecule has 1 aliphatic carbocycles. The summed E-state index contributed by atoms with van der Waals surface area (Å²) in [5.74, 6) is -1.56. The summed E-state index contributed by atoms with van der Waals surface area (Å²) in [6, 6.07) is 7.69. The smallest absolute Gasteiger partial charge is 0.337 e. The summed E-state index contributed by atoms with van der Waals surface area (Å²) in [7, 11) is 0. The van der Waals surface area contributed by atoms with Gasteiger partial charge in [0, 0.05) is 4.47 Å². The van der Waals surface area contributed by atoms with Crippen LogP contribution in [0.25, 0.3) is 0 Å². The van der Waals surface area contributed by atoms with Crippen molar-refractivity contribution in [1.82, 2.24) is 5.32 Å². The minimum absolute atomic E-state index is 0.211. The Morgan fingerprint density at radius 3 is 2.52 bits per heavy atom. The summed E-state index contributed by atoms with van der Waals surface area (Å²) in [4.78, 5) is 23.9. The van der Waals surface area contributed by atoms with E-state index in [1.165, 1.54) is 6.92 Å². The van der Waals surface area contributed by atoms with Crippen molar-refractivity contribution in [1.29, 1.82) is 0 Å². The lowest BCUT2D eigenvalue weighted by molar-refractivity contribution is -0.156. The highest BCUT2D eigenvalue weighted by atomic mass is 79.9. The standard InChI is InChI=1S/C17H22BrNO4/c1-16(23,15(21)22)11-19-14(20)17(8-3-2-4-9-17)12-6-5-7-13(18)10-12/h5-7,10,23H,2-4,8-9,11H2,1H3,(H,19,20)(H,21,22). The summed E-state index contributed by atoms with van der Waals surface area (Å²) >= 11 is 3.44. The fourth-order valence-corrected chi connectivity index (χ4v) is 3.48. The van der Waals surface area contributed by atoms with Crippen molar-refractivity contribution in [2.45, 2.75) is 50.0 Å². The molecule has 0 bridgehead atoms. The minimum atomic E-state index is -1.97. The molecule has 0 aliphatic heterocycles. The number of halogens is 1. The predicted molar refractivity (Wildman–Crippen MR) is 90.2 cm³/mol. The third-order valence-electron chi connectivity index (χ3n) is 4.57. The van der Waals surface area contributed by atoms with E-state index in [2.05, 4.69) is 21.2 Å². The second kappa shape index (κ2) is 7.01. The lowest BCUT2D eigenvalue weighted by Crippen LogP contribution is -2.52. The number of hydrogen-bond donors (Lipinski definition) is 3. The molecule has 126 valence electrons. The van der Waals surface area contributed by atoms with Gasteiger partial charge in [0.15, 0.2) is 5.60 Å². The zero-order chi connectivity index (χ0) is 17.1. The van der Waals surface area contributed by atoms with Gasteiger partial charge in [0.25, 0.3) is 0 Å². The molecule has 1 fully saturated rings. The van der Waals surface area contributed by atoms with E-state index in [0.717, 1.165) is 42.1 Å². The fourth-order valence-electron chi connectivity index (χ4n) is 3.09. The van der Waals surface area contributed by atoms with Gasteiger partial charge in [-0.2, -0.15) is 0 Å². The van der Waals surface area contributed by atoms with E-state index in [1.807, 2.05) is 24.3 Å². The van der Waals surface area contributed by atoms with Crippen LogP contribution < -0.4 is 5.32 Å². The number of carbonyl (C=O) groups excluding carboxylic acids is 1. The average Bonchev–Trinajstić information content (AvgIpc) is 2.53. The van der Waals surface area contributed by atoms with Crippen LogP contribution in [0.3, 0.4) is 0 Å². The molecular formula is C17H22BrNO4. The third kappa shape index (κ3) is 3.93. The number of aliphatic hydroxyl groups is 1. The number of aliphatic carboxylic acids is 1. The maximum atomic E-state index is 12.9. The molecule has 1 atom stereocenters. The van der Waals surface area contributed by atoms with Crippen LogP contribution in [-0.2, 0) is 15.0 Å². The summed E-state index contributed by atoms with van der Waals surface area (Å²) in [6.07, 6.45) is 4.45. The van der Waals surface area contributed by atoms with Crippen molar-refractivity contribution in [2.24, 2.45) is 0 Å². The number of amides is 1.